The van der Waals surface area contributed by atoms with Crippen LogP contribution in [0.1, 0.15) is 27.4 Å². The molecule has 0 aliphatic heterocycles. The van der Waals surface area contributed by atoms with Gasteiger partial charge >= 0.3 is 12.1 Å². The van der Waals surface area contributed by atoms with Crippen LogP contribution in [0.3, 0.4) is 0 Å². The number of aromatic carboxylic acids is 1. The quantitative estimate of drug-likeness (QED) is 0.451. The lowest BCUT2D eigenvalue weighted by Crippen LogP contribution is -2.47. The molecular weight excluding hydrogens is 455 g/mol. The first-order valence-electron chi connectivity index (χ1n) is 10.8. The number of carboxylic acids is 1. The van der Waals surface area contributed by atoms with Gasteiger partial charge in [-0.25, -0.2) is 14.0 Å². The zero-order valence-corrected chi connectivity index (χ0v) is 18.8. The number of halogens is 1. The number of rotatable bonds is 8. The molecule has 0 saturated carbocycles. The van der Waals surface area contributed by atoms with Crippen LogP contribution in [0.15, 0.2) is 66.7 Å². The first-order valence-corrected chi connectivity index (χ1v) is 10.8. The molecule has 3 aromatic rings. The van der Waals surface area contributed by atoms with E-state index < -0.39 is 35.4 Å². The minimum atomic E-state index is -1.47. The summed E-state index contributed by atoms with van der Waals surface area (Å²) in [6.07, 6.45) is -0.844. The third kappa shape index (κ3) is 4.99. The second-order valence-electron chi connectivity index (χ2n) is 7.94. The van der Waals surface area contributed by atoms with Crippen LogP contribution in [0.5, 0.6) is 0 Å². The van der Waals surface area contributed by atoms with Crippen LogP contribution in [0.25, 0.3) is 11.1 Å². The molecule has 0 bridgehead atoms. The smallest absolute Gasteiger partial charge is 0.407 e. The molecule has 0 radical (unpaired) electrons. The van der Waals surface area contributed by atoms with Gasteiger partial charge in [0.05, 0.1) is 17.9 Å². The maximum atomic E-state index is 14.4. The third-order valence-corrected chi connectivity index (χ3v) is 5.77. The molecule has 3 N–H and O–H groups in total. The number of hydrogen-bond donors (Lipinski definition) is 3. The van der Waals surface area contributed by atoms with Gasteiger partial charge in [-0.05, 0) is 34.4 Å². The molecule has 1 aliphatic rings. The highest BCUT2D eigenvalue weighted by Crippen LogP contribution is 2.44. The first kappa shape index (κ1) is 23.9. The Morgan fingerprint density at radius 3 is 2.20 bits per heavy atom. The fourth-order valence-corrected chi connectivity index (χ4v) is 4.15. The molecule has 0 aromatic heterocycles. The van der Waals surface area contributed by atoms with E-state index in [4.69, 9.17) is 14.6 Å². The largest absolute Gasteiger partial charge is 0.478 e. The monoisotopic (exact) mass is 478 g/mol. The van der Waals surface area contributed by atoms with E-state index in [0.29, 0.717) is 0 Å². The molecule has 8 nitrogen and oxygen atoms in total. The fraction of sp³-hybridized carbons (Fsp3) is 0.192. The Kier molecular flexibility index (Phi) is 7.07. The minimum absolute atomic E-state index is 0.0520. The number of carbonyl (C=O) groups is 3. The second-order valence-corrected chi connectivity index (χ2v) is 7.94. The van der Waals surface area contributed by atoms with E-state index in [1.807, 2.05) is 48.5 Å². The summed E-state index contributed by atoms with van der Waals surface area (Å²) in [4.78, 5) is 36.4. The van der Waals surface area contributed by atoms with E-state index >= 15 is 0 Å². The van der Waals surface area contributed by atoms with Crippen LogP contribution < -0.4 is 10.6 Å². The number of carboxylic acid groups (broad SMARTS) is 1. The molecule has 1 unspecified atom stereocenters. The molecule has 1 atom stereocenters. The maximum absolute atomic E-state index is 14.4. The number of benzene rings is 3. The van der Waals surface area contributed by atoms with Crippen molar-refractivity contribution in [2.24, 2.45) is 0 Å². The molecule has 0 fully saturated rings. The van der Waals surface area contributed by atoms with Gasteiger partial charge in [-0.2, -0.15) is 0 Å². The van der Waals surface area contributed by atoms with Gasteiger partial charge in [0.25, 0.3) is 0 Å². The number of fused-ring (bicyclic) bond motifs is 3. The number of amides is 2. The Labute approximate surface area is 200 Å². The van der Waals surface area contributed by atoms with Crippen LogP contribution in [0.4, 0.5) is 14.9 Å². The number of alkyl carbamates (subject to hydrolysis) is 1. The van der Waals surface area contributed by atoms with E-state index in [1.54, 1.807) is 0 Å². The Hall–Kier alpha value is -4.24. The van der Waals surface area contributed by atoms with Crippen molar-refractivity contribution in [3.05, 3.63) is 89.2 Å². The van der Waals surface area contributed by atoms with E-state index in [9.17, 15) is 18.8 Å². The molecular formula is C26H23FN2O6. The second kappa shape index (κ2) is 10.4. The van der Waals surface area contributed by atoms with Gasteiger partial charge in [0.1, 0.15) is 12.6 Å². The van der Waals surface area contributed by atoms with Crippen molar-refractivity contribution in [3.63, 3.8) is 0 Å². The van der Waals surface area contributed by atoms with Crippen LogP contribution in [0.2, 0.25) is 0 Å². The average molecular weight is 478 g/mol. The topological polar surface area (TPSA) is 114 Å². The summed E-state index contributed by atoms with van der Waals surface area (Å²) in [5.74, 6) is -3.51. The maximum Gasteiger partial charge on any atom is 0.407 e. The lowest BCUT2D eigenvalue weighted by atomic mass is 9.98. The molecule has 2 amide bonds. The van der Waals surface area contributed by atoms with Gasteiger partial charge in [0, 0.05) is 13.0 Å². The zero-order valence-electron chi connectivity index (χ0n) is 18.8. The highest BCUT2D eigenvalue weighted by atomic mass is 19.1. The van der Waals surface area contributed by atoms with Crippen molar-refractivity contribution in [1.82, 2.24) is 5.32 Å². The molecule has 35 heavy (non-hydrogen) atoms. The van der Waals surface area contributed by atoms with Gasteiger partial charge in [0.15, 0.2) is 5.82 Å². The first-order chi connectivity index (χ1) is 16.9. The van der Waals surface area contributed by atoms with Gasteiger partial charge in [-0.15, -0.1) is 0 Å². The Morgan fingerprint density at radius 1 is 0.971 bits per heavy atom. The number of ether oxygens (including phenoxy) is 2. The van der Waals surface area contributed by atoms with Crippen molar-refractivity contribution in [3.8, 4) is 11.1 Å². The van der Waals surface area contributed by atoms with Crippen molar-refractivity contribution < 1.29 is 33.4 Å². The molecule has 3 aromatic carbocycles. The molecule has 9 heteroatoms. The number of hydrogen-bond acceptors (Lipinski definition) is 5. The summed E-state index contributed by atoms with van der Waals surface area (Å²) in [6.45, 7) is -0.160. The molecule has 0 heterocycles. The average Bonchev–Trinajstić information content (AvgIpc) is 3.17. The predicted molar refractivity (Wildman–Crippen MR) is 126 cm³/mol. The highest BCUT2D eigenvalue weighted by Gasteiger charge is 2.30. The minimum Gasteiger partial charge on any atom is -0.478 e. The van der Waals surface area contributed by atoms with Gasteiger partial charge in [0.2, 0.25) is 5.91 Å². The standard InChI is InChI=1S/C26H23FN2O6/c1-34-14-22(24(30)28-21-12-6-11-19(23(21)27)25(31)32)29-26(33)35-13-20-17-9-4-2-7-15(17)16-8-3-5-10-18(16)20/h2-12,20,22H,13-14H2,1H3,(H,28,30)(H,29,33)(H,31,32). The van der Waals surface area contributed by atoms with Gasteiger partial charge in [-0.3, -0.25) is 4.79 Å². The van der Waals surface area contributed by atoms with Crippen LogP contribution in [-0.2, 0) is 14.3 Å². The van der Waals surface area contributed by atoms with Crippen molar-refractivity contribution >= 4 is 23.7 Å². The van der Waals surface area contributed by atoms with Crippen molar-refractivity contribution in [2.45, 2.75) is 12.0 Å². The lowest BCUT2D eigenvalue weighted by Gasteiger charge is -2.19. The van der Waals surface area contributed by atoms with Crippen molar-refractivity contribution in [2.75, 3.05) is 25.6 Å². The Morgan fingerprint density at radius 2 is 1.60 bits per heavy atom. The summed E-state index contributed by atoms with van der Waals surface area (Å²) in [5.41, 5.74) is 3.34. The number of anilines is 1. The Bertz CT molecular complexity index is 1230. The summed E-state index contributed by atoms with van der Waals surface area (Å²) in [6, 6.07) is 18.2. The van der Waals surface area contributed by atoms with E-state index in [-0.39, 0.29) is 24.8 Å². The van der Waals surface area contributed by atoms with Gasteiger partial charge in [-0.1, -0.05) is 54.6 Å². The van der Waals surface area contributed by atoms with Gasteiger partial charge < -0.3 is 25.2 Å². The summed E-state index contributed by atoms with van der Waals surface area (Å²) in [7, 11) is 1.34. The normalized spacial score (nSPS) is 12.9. The summed E-state index contributed by atoms with van der Waals surface area (Å²) in [5, 5.41) is 13.8. The number of nitrogens with one attached hydrogen (secondary N) is 2. The summed E-state index contributed by atoms with van der Waals surface area (Å²) < 4.78 is 24.9. The SMILES string of the molecule is COCC(NC(=O)OCC1c2ccccc2-c2ccccc21)C(=O)Nc1cccc(C(=O)O)c1F. The zero-order chi connectivity index (χ0) is 24.9. The summed E-state index contributed by atoms with van der Waals surface area (Å²) >= 11 is 0. The molecule has 1 aliphatic carbocycles. The fourth-order valence-electron chi connectivity index (χ4n) is 4.15. The molecule has 180 valence electrons. The highest BCUT2D eigenvalue weighted by molar-refractivity contribution is 5.98. The molecule has 0 spiro atoms. The van der Waals surface area contributed by atoms with E-state index in [2.05, 4.69) is 10.6 Å². The lowest BCUT2D eigenvalue weighted by molar-refractivity contribution is -0.119. The van der Waals surface area contributed by atoms with Crippen LogP contribution in [0, 0.1) is 5.82 Å². The van der Waals surface area contributed by atoms with E-state index in [1.165, 1.54) is 19.2 Å². The molecule has 0 saturated heterocycles. The predicted octanol–water partition coefficient (Wildman–Crippen LogP) is 4.02. The van der Waals surface area contributed by atoms with Crippen LogP contribution in [-0.4, -0.2) is 49.4 Å². The van der Waals surface area contributed by atoms with Crippen molar-refractivity contribution in [1.29, 1.82) is 0 Å². The van der Waals surface area contributed by atoms with E-state index in [0.717, 1.165) is 28.3 Å². The number of methoxy groups -OCH3 is 1. The van der Waals surface area contributed by atoms with Crippen LogP contribution >= 0.6 is 0 Å². The molecule has 4 rings (SSSR count). The Balaban J connectivity index is 1.42. The third-order valence-electron chi connectivity index (χ3n) is 5.77. The number of carbonyl (C=O) groups excluding carboxylic acids is 2.